The number of nitrogens with zero attached hydrogens (tertiary/aromatic N) is 1. The van der Waals surface area contributed by atoms with E-state index in [1.807, 2.05) is 6.07 Å². The van der Waals surface area contributed by atoms with Crippen molar-refractivity contribution in [1.82, 2.24) is 9.97 Å². The quantitative estimate of drug-likeness (QED) is 0.669. The molecule has 0 aliphatic carbocycles. The van der Waals surface area contributed by atoms with E-state index in [4.69, 9.17) is 4.74 Å². The average Bonchev–Trinajstić information content (AvgIpc) is 3.20. The Morgan fingerprint density at radius 1 is 1.04 bits per heavy atom. The molecule has 1 heterocycles. The zero-order chi connectivity index (χ0) is 17.6. The molecule has 5 nitrogen and oxygen atoms in total. The van der Waals surface area contributed by atoms with Crippen molar-refractivity contribution in [2.45, 2.75) is 12.3 Å². The fourth-order valence-corrected chi connectivity index (χ4v) is 2.67. The first-order chi connectivity index (χ1) is 12.2. The molecule has 1 aromatic heterocycles. The third-order valence-corrected chi connectivity index (χ3v) is 4.03. The van der Waals surface area contributed by atoms with Gasteiger partial charge in [0, 0.05) is 29.9 Å². The summed E-state index contributed by atoms with van der Waals surface area (Å²) in [5, 5.41) is 0. The summed E-state index contributed by atoms with van der Waals surface area (Å²) in [6, 6.07) is 15.8. The molecule has 25 heavy (non-hydrogen) atoms. The van der Waals surface area contributed by atoms with Gasteiger partial charge in [-0.1, -0.05) is 30.3 Å². The van der Waals surface area contributed by atoms with Gasteiger partial charge in [-0.05, 0) is 24.3 Å². The number of nitrogens with one attached hydrogen (secondary N) is 1. The van der Waals surface area contributed by atoms with Crippen molar-refractivity contribution in [2.24, 2.45) is 0 Å². The van der Waals surface area contributed by atoms with E-state index in [0.717, 1.165) is 0 Å². The Bertz CT molecular complexity index is 840. The van der Waals surface area contributed by atoms with Crippen LogP contribution in [0.5, 0.6) is 5.75 Å². The maximum absolute atomic E-state index is 12.9. The molecule has 3 rings (SSSR count). The molecule has 0 radical (unpaired) electrons. The molecular formula is C20H18N2O3. The van der Waals surface area contributed by atoms with Gasteiger partial charge in [0.15, 0.2) is 11.6 Å². The Morgan fingerprint density at radius 2 is 1.76 bits per heavy atom. The number of ether oxygens (including phenoxy) is 1. The van der Waals surface area contributed by atoms with Crippen LogP contribution in [0.25, 0.3) is 0 Å². The second-order valence-corrected chi connectivity index (χ2v) is 5.61. The van der Waals surface area contributed by atoms with Crippen LogP contribution in [0.4, 0.5) is 0 Å². The summed E-state index contributed by atoms with van der Waals surface area (Å²) in [4.78, 5) is 32.7. The molecule has 0 saturated heterocycles. The van der Waals surface area contributed by atoms with Crippen LogP contribution in [0.1, 0.15) is 38.9 Å². The van der Waals surface area contributed by atoms with Crippen LogP contribution in [0.2, 0.25) is 0 Å². The molecule has 0 aliphatic heterocycles. The number of aromatic amines is 1. The monoisotopic (exact) mass is 334 g/mol. The first-order valence-electron chi connectivity index (χ1n) is 7.95. The normalized spacial score (nSPS) is 11.7. The van der Waals surface area contributed by atoms with Crippen LogP contribution in [0.15, 0.2) is 67.0 Å². The minimum Gasteiger partial charge on any atom is -0.497 e. The molecule has 0 aliphatic rings. The second-order valence-electron chi connectivity index (χ2n) is 5.61. The summed E-state index contributed by atoms with van der Waals surface area (Å²) >= 11 is 0. The maximum Gasteiger partial charge on any atom is 0.173 e. The number of rotatable bonds is 7. The molecule has 5 heteroatoms. The summed E-state index contributed by atoms with van der Waals surface area (Å²) in [5.41, 5.74) is 1.10. The van der Waals surface area contributed by atoms with E-state index in [0.29, 0.717) is 22.7 Å². The third kappa shape index (κ3) is 3.83. The number of imidazole rings is 1. The number of carbonyl (C=O) groups excluding carboxylic acids is 2. The molecule has 0 amide bonds. The van der Waals surface area contributed by atoms with Crippen molar-refractivity contribution in [3.05, 3.63) is 83.9 Å². The lowest BCUT2D eigenvalue weighted by atomic mass is 9.90. The van der Waals surface area contributed by atoms with Crippen LogP contribution in [0, 0.1) is 0 Å². The Hall–Kier alpha value is -3.21. The van der Waals surface area contributed by atoms with E-state index >= 15 is 0 Å². The largest absolute Gasteiger partial charge is 0.497 e. The molecule has 0 spiro atoms. The lowest BCUT2D eigenvalue weighted by Crippen LogP contribution is -2.18. The molecule has 3 aromatic rings. The molecule has 1 unspecified atom stereocenters. The van der Waals surface area contributed by atoms with Gasteiger partial charge in [0.1, 0.15) is 11.6 Å². The predicted molar refractivity (Wildman–Crippen MR) is 94.0 cm³/mol. The molecule has 126 valence electrons. The summed E-state index contributed by atoms with van der Waals surface area (Å²) in [5.74, 6) is 0.285. The van der Waals surface area contributed by atoms with E-state index in [1.165, 1.54) is 0 Å². The standard InChI is InChI=1S/C20H18N2O3/c1-25-16-9-7-14(8-10-16)18(23)13-17(20-21-11-12-22-20)19(24)15-5-3-2-4-6-15/h2-12,17H,13H2,1H3,(H,21,22). The number of methoxy groups -OCH3 is 1. The average molecular weight is 334 g/mol. The number of aromatic nitrogens is 2. The minimum atomic E-state index is -0.646. The Balaban J connectivity index is 1.85. The Labute approximate surface area is 145 Å². The summed E-state index contributed by atoms with van der Waals surface area (Å²) < 4.78 is 5.10. The van der Waals surface area contributed by atoms with E-state index in [-0.39, 0.29) is 18.0 Å². The number of H-pyrrole nitrogens is 1. The molecular weight excluding hydrogens is 316 g/mol. The zero-order valence-electron chi connectivity index (χ0n) is 13.8. The number of carbonyl (C=O) groups is 2. The number of hydrogen-bond acceptors (Lipinski definition) is 4. The highest BCUT2D eigenvalue weighted by molar-refractivity contribution is 6.05. The van der Waals surface area contributed by atoms with Crippen LogP contribution >= 0.6 is 0 Å². The smallest absolute Gasteiger partial charge is 0.173 e. The zero-order valence-corrected chi connectivity index (χ0v) is 13.8. The van der Waals surface area contributed by atoms with Gasteiger partial charge in [0.25, 0.3) is 0 Å². The topological polar surface area (TPSA) is 72.1 Å². The number of benzene rings is 2. The minimum absolute atomic E-state index is 0.0492. The van der Waals surface area contributed by atoms with Crippen molar-refractivity contribution in [3.63, 3.8) is 0 Å². The first kappa shape index (κ1) is 16.6. The lowest BCUT2D eigenvalue weighted by Gasteiger charge is -2.13. The number of ketones is 2. The van der Waals surface area contributed by atoms with Crippen molar-refractivity contribution in [2.75, 3.05) is 7.11 Å². The van der Waals surface area contributed by atoms with Gasteiger partial charge in [0.05, 0.1) is 13.0 Å². The summed E-state index contributed by atoms with van der Waals surface area (Å²) in [6.45, 7) is 0. The van der Waals surface area contributed by atoms with Gasteiger partial charge in [-0.2, -0.15) is 0 Å². The Morgan fingerprint density at radius 3 is 2.36 bits per heavy atom. The summed E-state index contributed by atoms with van der Waals surface area (Å²) in [6.07, 6.45) is 3.28. The van der Waals surface area contributed by atoms with Crippen LogP contribution in [-0.4, -0.2) is 28.6 Å². The fourth-order valence-electron chi connectivity index (χ4n) is 2.67. The van der Waals surface area contributed by atoms with Crippen molar-refractivity contribution >= 4 is 11.6 Å². The van der Waals surface area contributed by atoms with Crippen molar-refractivity contribution < 1.29 is 14.3 Å². The lowest BCUT2D eigenvalue weighted by molar-refractivity contribution is 0.0890. The van der Waals surface area contributed by atoms with Gasteiger partial charge < -0.3 is 9.72 Å². The maximum atomic E-state index is 12.9. The van der Waals surface area contributed by atoms with Crippen LogP contribution in [-0.2, 0) is 0 Å². The van der Waals surface area contributed by atoms with E-state index in [1.54, 1.807) is 68.0 Å². The van der Waals surface area contributed by atoms with Gasteiger partial charge in [-0.25, -0.2) is 4.98 Å². The second kappa shape index (κ2) is 7.57. The highest BCUT2D eigenvalue weighted by Gasteiger charge is 2.27. The summed E-state index contributed by atoms with van der Waals surface area (Å²) in [7, 11) is 1.57. The van der Waals surface area contributed by atoms with Gasteiger partial charge in [-0.3, -0.25) is 9.59 Å². The van der Waals surface area contributed by atoms with Crippen molar-refractivity contribution in [1.29, 1.82) is 0 Å². The van der Waals surface area contributed by atoms with E-state index < -0.39 is 5.92 Å². The van der Waals surface area contributed by atoms with Crippen LogP contribution < -0.4 is 4.74 Å². The van der Waals surface area contributed by atoms with E-state index in [9.17, 15) is 9.59 Å². The number of Topliss-reactive ketones (excluding diaryl/α,β-unsaturated/α-hetero) is 2. The molecule has 0 fully saturated rings. The van der Waals surface area contributed by atoms with Crippen molar-refractivity contribution in [3.8, 4) is 5.75 Å². The highest BCUT2D eigenvalue weighted by Crippen LogP contribution is 2.24. The van der Waals surface area contributed by atoms with E-state index in [2.05, 4.69) is 9.97 Å². The highest BCUT2D eigenvalue weighted by atomic mass is 16.5. The molecule has 1 N–H and O–H groups in total. The molecule has 2 aromatic carbocycles. The molecule has 0 bridgehead atoms. The van der Waals surface area contributed by atoms with Crippen LogP contribution in [0.3, 0.4) is 0 Å². The fraction of sp³-hybridized carbons (Fsp3) is 0.150. The SMILES string of the molecule is COc1ccc(C(=O)CC(C(=O)c2ccccc2)c2ncc[nH]2)cc1. The molecule has 1 atom stereocenters. The predicted octanol–water partition coefficient (Wildman–Crippen LogP) is 3.66. The van der Waals surface area contributed by atoms with Gasteiger partial charge >= 0.3 is 0 Å². The third-order valence-electron chi connectivity index (χ3n) is 4.03. The Kier molecular flexibility index (Phi) is 5.04. The van der Waals surface area contributed by atoms with Gasteiger partial charge in [0.2, 0.25) is 0 Å². The molecule has 0 saturated carbocycles. The first-order valence-corrected chi connectivity index (χ1v) is 7.95. The van der Waals surface area contributed by atoms with Gasteiger partial charge in [-0.15, -0.1) is 0 Å². The number of hydrogen-bond donors (Lipinski definition) is 1.